The predicted octanol–water partition coefficient (Wildman–Crippen LogP) is 2.18. The first-order valence-electron chi connectivity index (χ1n) is 10.6. The summed E-state index contributed by atoms with van der Waals surface area (Å²) in [6.45, 7) is 4.61. The second kappa shape index (κ2) is 8.78. The van der Waals surface area contributed by atoms with Crippen molar-refractivity contribution < 1.29 is 4.79 Å². The van der Waals surface area contributed by atoms with Crippen LogP contribution in [0.25, 0.3) is 10.9 Å². The van der Waals surface area contributed by atoms with Gasteiger partial charge in [-0.1, -0.05) is 37.7 Å². The molecule has 1 aromatic carbocycles. The molecule has 0 amide bonds. The van der Waals surface area contributed by atoms with Crippen LogP contribution in [0.15, 0.2) is 43.8 Å². The number of nitrogens with one attached hydrogen (secondary N) is 1. The van der Waals surface area contributed by atoms with Gasteiger partial charge in [-0.05, 0) is 37.3 Å². The predicted molar refractivity (Wildman–Crippen MR) is 125 cm³/mol. The summed E-state index contributed by atoms with van der Waals surface area (Å²) >= 11 is 1.09. The Bertz CT molecular complexity index is 1370. The number of aromatic nitrogens is 4. The van der Waals surface area contributed by atoms with Crippen molar-refractivity contribution in [3.63, 3.8) is 0 Å². The first kappa shape index (κ1) is 22.1. The van der Waals surface area contributed by atoms with Gasteiger partial charge in [0.2, 0.25) is 0 Å². The number of thioether (sulfide) groups is 1. The van der Waals surface area contributed by atoms with Gasteiger partial charge < -0.3 is 5.73 Å². The Morgan fingerprint density at radius 2 is 1.97 bits per heavy atom. The summed E-state index contributed by atoms with van der Waals surface area (Å²) in [6.07, 6.45) is 2.34. The number of nitrogens with zero attached hydrogens (tertiary/aromatic N) is 3. The van der Waals surface area contributed by atoms with Crippen molar-refractivity contribution in [3.05, 3.63) is 61.0 Å². The standard InChI is InChI=1S/C22H25N5O4S/c1-12(2)9-10-26-20(30)14-5-3-4-6-15(14)24-22(26)32-11-16(28)17-18(23)27(13-7-8-13)21(31)25-19(17)29/h3-6,12-13H,7-11,23H2,1-2H3,(H,25,29,31). The molecule has 10 heteroatoms. The van der Waals surface area contributed by atoms with Gasteiger partial charge in [0.15, 0.2) is 10.9 Å². The molecule has 1 aliphatic rings. The molecular formula is C22H25N5O4S. The molecule has 0 aliphatic heterocycles. The smallest absolute Gasteiger partial charge is 0.330 e. The van der Waals surface area contributed by atoms with E-state index in [1.54, 1.807) is 28.8 Å². The van der Waals surface area contributed by atoms with Crippen molar-refractivity contribution >= 4 is 34.3 Å². The number of H-pyrrole nitrogens is 1. The van der Waals surface area contributed by atoms with E-state index in [1.165, 1.54) is 4.57 Å². The lowest BCUT2D eigenvalue weighted by atomic mass is 10.1. The number of nitrogen functional groups attached to an aromatic ring is 1. The Hall–Kier alpha value is -3.14. The van der Waals surface area contributed by atoms with E-state index in [-0.39, 0.29) is 28.7 Å². The molecule has 1 aliphatic carbocycles. The molecule has 4 rings (SSSR count). The number of ketones is 1. The van der Waals surface area contributed by atoms with Gasteiger partial charge in [-0.3, -0.25) is 28.5 Å². The number of carbonyl (C=O) groups is 1. The van der Waals surface area contributed by atoms with Crippen molar-refractivity contribution in [2.75, 3.05) is 11.5 Å². The largest absolute Gasteiger partial charge is 0.384 e. The average molecular weight is 456 g/mol. The lowest BCUT2D eigenvalue weighted by Crippen LogP contribution is -2.36. The summed E-state index contributed by atoms with van der Waals surface area (Å²) in [4.78, 5) is 57.2. The van der Waals surface area contributed by atoms with E-state index in [1.807, 2.05) is 0 Å². The van der Waals surface area contributed by atoms with Crippen LogP contribution in [-0.4, -0.2) is 30.6 Å². The Morgan fingerprint density at radius 3 is 2.66 bits per heavy atom. The zero-order valence-electron chi connectivity index (χ0n) is 18.0. The van der Waals surface area contributed by atoms with Crippen molar-refractivity contribution in [3.8, 4) is 0 Å². The molecule has 1 fully saturated rings. The van der Waals surface area contributed by atoms with Crippen LogP contribution < -0.4 is 22.5 Å². The molecule has 2 heterocycles. The third kappa shape index (κ3) is 4.27. The van der Waals surface area contributed by atoms with Crippen LogP contribution in [0, 0.1) is 5.92 Å². The van der Waals surface area contributed by atoms with E-state index in [9.17, 15) is 19.2 Å². The number of anilines is 1. The molecule has 0 spiro atoms. The van der Waals surface area contributed by atoms with Gasteiger partial charge in [-0.25, -0.2) is 9.78 Å². The molecule has 2 aromatic heterocycles. The number of Topliss-reactive ketones (excluding diaryl/α,β-unsaturated/α-hetero) is 1. The second-order valence-electron chi connectivity index (χ2n) is 8.38. The monoisotopic (exact) mass is 455 g/mol. The summed E-state index contributed by atoms with van der Waals surface area (Å²) in [5.41, 5.74) is 4.82. The summed E-state index contributed by atoms with van der Waals surface area (Å²) < 4.78 is 2.87. The van der Waals surface area contributed by atoms with Gasteiger partial charge in [0.05, 0.1) is 16.7 Å². The van der Waals surface area contributed by atoms with Crippen LogP contribution in [-0.2, 0) is 6.54 Å². The highest BCUT2D eigenvalue weighted by atomic mass is 32.2. The molecule has 0 saturated heterocycles. The summed E-state index contributed by atoms with van der Waals surface area (Å²) in [5.74, 6) is -0.367. The molecule has 168 valence electrons. The number of aromatic amines is 1. The zero-order valence-corrected chi connectivity index (χ0v) is 18.8. The Balaban J connectivity index is 1.67. The number of carbonyl (C=O) groups excluding carboxylic acids is 1. The minimum Gasteiger partial charge on any atom is -0.384 e. The molecule has 1 saturated carbocycles. The molecule has 0 radical (unpaired) electrons. The molecule has 3 N–H and O–H groups in total. The first-order valence-corrected chi connectivity index (χ1v) is 11.6. The van der Waals surface area contributed by atoms with Crippen LogP contribution in [0.4, 0.5) is 5.82 Å². The number of para-hydroxylation sites is 1. The number of hydrogen-bond acceptors (Lipinski definition) is 7. The number of benzene rings is 1. The van der Waals surface area contributed by atoms with Crippen molar-refractivity contribution in [1.82, 2.24) is 19.1 Å². The molecule has 32 heavy (non-hydrogen) atoms. The van der Waals surface area contributed by atoms with Crippen molar-refractivity contribution in [2.45, 2.75) is 50.9 Å². The SMILES string of the molecule is CC(C)CCn1c(SCC(=O)c2c(N)n(C3CC3)c(=O)[nH]c2=O)nc2ccccc2c1=O. The quantitative estimate of drug-likeness (QED) is 0.302. The van der Waals surface area contributed by atoms with Gasteiger partial charge in [0.1, 0.15) is 11.4 Å². The van der Waals surface area contributed by atoms with Gasteiger partial charge in [-0.2, -0.15) is 0 Å². The molecule has 0 bridgehead atoms. The van der Waals surface area contributed by atoms with E-state index in [0.29, 0.717) is 28.5 Å². The maximum atomic E-state index is 13.1. The van der Waals surface area contributed by atoms with E-state index < -0.39 is 17.0 Å². The van der Waals surface area contributed by atoms with Crippen molar-refractivity contribution in [1.29, 1.82) is 0 Å². The fourth-order valence-corrected chi connectivity index (χ4v) is 4.47. The maximum absolute atomic E-state index is 13.1. The minimum atomic E-state index is -0.793. The van der Waals surface area contributed by atoms with Crippen molar-refractivity contribution in [2.24, 2.45) is 5.92 Å². The van der Waals surface area contributed by atoms with Crippen LogP contribution >= 0.6 is 11.8 Å². The summed E-state index contributed by atoms with van der Waals surface area (Å²) in [5, 5.41) is 0.928. The number of hydrogen-bond donors (Lipinski definition) is 2. The van der Waals surface area contributed by atoms with Crippen LogP contribution in [0.3, 0.4) is 0 Å². The topological polar surface area (TPSA) is 133 Å². The van der Waals surface area contributed by atoms with Gasteiger partial charge in [0.25, 0.3) is 11.1 Å². The van der Waals surface area contributed by atoms with Crippen LogP contribution in [0.5, 0.6) is 0 Å². The van der Waals surface area contributed by atoms with E-state index >= 15 is 0 Å². The number of rotatable bonds is 8. The lowest BCUT2D eigenvalue weighted by molar-refractivity contribution is 0.102. The minimum absolute atomic E-state index is 0.0816. The van der Waals surface area contributed by atoms with E-state index in [0.717, 1.165) is 31.0 Å². The first-order chi connectivity index (χ1) is 15.3. The highest BCUT2D eigenvalue weighted by Crippen LogP contribution is 2.35. The zero-order chi connectivity index (χ0) is 23.0. The highest BCUT2D eigenvalue weighted by Gasteiger charge is 2.30. The normalized spacial score (nSPS) is 13.7. The third-order valence-electron chi connectivity index (χ3n) is 5.46. The Morgan fingerprint density at radius 1 is 1.25 bits per heavy atom. The molecular weight excluding hydrogens is 430 g/mol. The number of fused-ring (bicyclic) bond motifs is 1. The highest BCUT2D eigenvalue weighted by molar-refractivity contribution is 7.99. The molecule has 3 aromatic rings. The molecule has 9 nitrogen and oxygen atoms in total. The summed E-state index contributed by atoms with van der Waals surface area (Å²) in [6, 6.07) is 7.00. The number of nitrogens with two attached hydrogens (primary N) is 1. The fraction of sp³-hybridized carbons (Fsp3) is 0.409. The summed E-state index contributed by atoms with van der Waals surface area (Å²) in [7, 11) is 0. The average Bonchev–Trinajstić information content (AvgIpc) is 3.56. The van der Waals surface area contributed by atoms with Gasteiger partial charge in [-0.15, -0.1) is 0 Å². The molecule has 0 atom stereocenters. The fourth-order valence-electron chi connectivity index (χ4n) is 3.58. The third-order valence-corrected chi connectivity index (χ3v) is 6.44. The van der Waals surface area contributed by atoms with Crippen LogP contribution in [0.2, 0.25) is 0 Å². The van der Waals surface area contributed by atoms with E-state index in [2.05, 4.69) is 23.8 Å². The maximum Gasteiger partial charge on any atom is 0.330 e. The second-order valence-corrected chi connectivity index (χ2v) is 9.33. The lowest BCUT2D eigenvalue weighted by Gasteiger charge is -2.14. The molecule has 0 unspecified atom stereocenters. The Labute approximate surface area is 187 Å². The van der Waals surface area contributed by atoms with Gasteiger partial charge >= 0.3 is 5.69 Å². The van der Waals surface area contributed by atoms with Gasteiger partial charge in [0, 0.05) is 12.6 Å². The van der Waals surface area contributed by atoms with Crippen LogP contribution in [0.1, 0.15) is 49.5 Å². The van der Waals surface area contributed by atoms with E-state index in [4.69, 9.17) is 5.73 Å². The Kier molecular flexibility index (Phi) is 6.05.